The molecule has 0 aliphatic carbocycles. The minimum atomic E-state index is -0.628. The fourth-order valence-corrected chi connectivity index (χ4v) is 2.31. The summed E-state index contributed by atoms with van der Waals surface area (Å²) in [5.74, 6) is -1.76. The van der Waals surface area contributed by atoms with Crippen molar-refractivity contribution in [3.63, 3.8) is 0 Å². The van der Waals surface area contributed by atoms with Gasteiger partial charge >= 0.3 is 5.97 Å². The van der Waals surface area contributed by atoms with Gasteiger partial charge in [0.2, 0.25) is 0 Å². The first-order valence-corrected chi connectivity index (χ1v) is 7.79. The molecule has 0 aliphatic heterocycles. The lowest BCUT2D eigenvalue weighted by Crippen LogP contribution is -2.22. The number of carbonyl (C=O) groups excluding carboxylic acids is 2. The van der Waals surface area contributed by atoms with Gasteiger partial charge in [-0.2, -0.15) is 0 Å². The fraction of sp³-hybridized carbons (Fsp3) is 0.222. The van der Waals surface area contributed by atoms with E-state index in [1.807, 2.05) is 37.3 Å². The van der Waals surface area contributed by atoms with Crippen molar-refractivity contribution in [2.75, 3.05) is 11.9 Å². The predicted octanol–water partition coefficient (Wildman–Crippen LogP) is 4.15. The van der Waals surface area contributed by atoms with Gasteiger partial charge in [0, 0.05) is 5.02 Å². The SMILES string of the molecule is C[C@H](CC(=O)OCC(=O)Nc1cc(Cl)ccc1F)c1ccccc1. The van der Waals surface area contributed by atoms with Gasteiger partial charge in [0.05, 0.1) is 12.1 Å². The molecule has 1 N–H and O–H groups in total. The minimum Gasteiger partial charge on any atom is -0.456 e. The zero-order valence-corrected chi connectivity index (χ0v) is 13.8. The Morgan fingerprint density at radius 1 is 1.21 bits per heavy atom. The number of halogens is 2. The van der Waals surface area contributed by atoms with Gasteiger partial charge in [-0.1, -0.05) is 48.9 Å². The first-order chi connectivity index (χ1) is 11.5. The molecule has 4 nitrogen and oxygen atoms in total. The van der Waals surface area contributed by atoms with Gasteiger partial charge in [0.15, 0.2) is 6.61 Å². The van der Waals surface area contributed by atoms with E-state index in [-0.39, 0.29) is 18.0 Å². The second-order valence-electron chi connectivity index (χ2n) is 5.35. The van der Waals surface area contributed by atoms with Crippen LogP contribution in [0.5, 0.6) is 0 Å². The van der Waals surface area contributed by atoms with Gasteiger partial charge in [-0.15, -0.1) is 0 Å². The molecule has 2 rings (SSSR count). The molecule has 0 spiro atoms. The number of hydrogen-bond donors (Lipinski definition) is 1. The molecular formula is C18H17ClFNO3. The molecule has 24 heavy (non-hydrogen) atoms. The molecule has 0 saturated heterocycles. The maximum Gasteiger partial charge on any atom is 0.306 e. The number of ether oxygens (including phenoxy) is 1. The number of anilines is 1. The van der Waals surface area contributed by atoms with E-state index in [0.29, 0.717) is 5.02 Å². The minimum absolute atomic E-state index is 0.0212. The number of nitrogens with one attached hydrogen (secondary N) is 1. The lowest BCUT2D eigenvalue weighted by molar-refractivity contribution is -0.147. The summed E-state index contributed by atoms with van der Waals surface area (Å²) in [7, 11) is 0. The van der Waals surface area contributed by atoms with Crippen LogP contribution in [0.3, 0.4) is 0 Å². The van der Waals surface area contributed by atoms with Crippen LogP contribution in [-0.2, 0) is 14.3 Å². The van der Waals surface area contributed by atoms with Gasteiger partial charge in [-0.3, -0.25) is 9.59 Å². The lowest BCUT2D eigenvalue weighted by Gasteiger charge is -2.12. The number of rotatable bonds is 6. The third-order valence-corrected chi connectivity index (χ3v) is 3.64. The molecule has 0 unspecified atom stereocenters. The van der Waals surface area contributed by atoms with Crippen LogP contribution in [0.1, 0.15) is 24.8 Å². The molecule has 6 heteroatoms. The molecular weight excluding hydrogens is 333 g/mol. The summed E-state index contributed by atoms with van der Waals surface area (Å²) < 4.78 is 18.4. The Morgan fingerprint density at radius 3 is 2.62 bits per heavy atom. The molecule has 0 bridgehead atoms. The van der Waals surface area contributed by atoms with Crippen molar-refractivity contribution in [1.82, 2.24) is 0 Å². The van der Waals surface area contributed by atoms with Crippen LogP contribution in [0, 0.1) is 5.82 Å². The molecule has 1 atom stereocenters. The maximum absolute atomic E-state index is 13.5. The molecule has 1 amide bonds. The smallest absolute Gasteiger partial charge is 0.306 e. The molecule has 0 aromatic heterocycles. The fourth-order valence-electron chi connectivity index (χ4n) is 2.13. The van der Waals surface area contributed by atoms with Crippen molar-refractivity contribution >= 4 is 29.2 Å². The topological polar surface area (TPSA) is 55.4 Å². The molecule has 126 valence electrons. The second-order valence-corrected chi connectivity index (χ2v) is 5.79. The Morgan fingerprint density at radius 2 is 1.92 bits per heavy atom. The highest BCUT2D eigenvalue weighted by atomic mass is 35.5. The predicted molar refractivity (Wildman–Crippen MR) is 90.5 cm³/mol. The average Bonchev–Trinajstić information content (AvgIpc) is 2.57. The van der Waals surface area contributed by atoms with E-state index in [9.17, 15) is 14.0 Å². The van der Waals surface area contributed by atoms with Crippen LogP contribution in [0.4, 0.5) is 10.1 Å². The summed E-state index contributed by atoms with van der Waals surface area (Å²) >= 11 is 5.74. The van der Waals surface area contributed by atoms with Crippen LogP contribution < -0.4 is 5.32 Å². The van der Waals surface area contributed by atoms with Gasteiger partial charge in [0.25, 0.3) is 5.91 Å². The van der Waals surface area contributed by atoms with Gasteiger partial charge in [0.1, 0.15) is 5.82 Å². The third kappa shape index (κ3) is 5.35. The highest BCUT2D eigenvalue weighted by Gasteiger charge is 2.14. The first kappa shape index (κ1) is 17.9. The molecule has 2 aromatic carbocycles. The number of amides is 1. The quantitative estimate of drug-likeness (QED) is 0.797. The lowest BCUT2D eigenvalue weighted by atomic mass is 9.98. The summed E-state index contributed by atoms with van der Waals surface area (Å²) in [6, 6.07) is 13.3. The van der Waals surface area contributed by atoms with E-state index in [1.165, 1.54) is 12.1 Å². The van der Waals surface area contributed by atoms with Crippen molar-refractivity contribution < 1.29 is 18.7 Å². The van der Waals surface area contributed by atoms with Crippen LogP contribution in [0.25, 0.3) is 0 Å². The molecule has 0 radical (unpaired) electrons. The Kier molecular flexibility index (Phi) is 6.32. The van der Waals surface area contributed by atoms with Gasteiger partial charge < -0.3 is 10.1 Å². The monoisotopic (exact) mass is 349 g/mol. The third-order valence-electron chi connectivity index (χ3n) is 3.41. The van der Waals surface area contributed by atoms with E-state index in [1.54, 1.807) is 0 Å². The van der Waals surface area contributed by atoms with Crippen LogP contribution >= 0.6 is 11.6 Å². The van der Waals surface area contributed by atoms with E-state index in [2.05, 4.69) is 5.32 Å². The summed E-state index contributed by atoms with van der Waals surface area (Å²) in [4.78, 5) is 23.5. The summed E-state index contributed by atoms with van der Waals surface area (Å²) in [6.45, 7) is 1.42. The summed E-state index contributed by atoms with van der Waals surface area (Å²) in [6.07, 6.45) is 0.156. The highest BCUT2D eigenvalue weighted by molar-refractivity contribution is 6.30. The zero-order chi connectivity index (χ0) is 17.5. The van der Waals surface area contributed by atoms with Crippen LogP contribution in [-0.4, -0.2) is 18.5 Å². The Bertz CT molecular complexity index is 721. The number of carbonyl (C=O) groups is 2. The standard InChI is InChI=1S/C18H17ClFNO3/c1-12(13-5-3-2-4-6-13)9-18(23)24-11-17(22)21-16-10-14(19)7-8-15(16)20/h2-8,10,12H,9,11H2,1H3,(H,21,22)/t12-/m1/s1. The van der Waals surface area contributed by atoms with E-state index < -0.39 is 24.3 Å². The molecule has 0 fully saturated rings. The number of benzene rings is 2. The number of esters is 1. The zero-order valence-electron chi connectivity index (χ0n) is 13.1. The van der Waals surface area contributed by atoms with E-state index in [4.69, 9.17) is 16.3 Å². The summed E-state index contributed by atoms with van der Waals surface area (Å²) in [5.41, 5.74) is 0.959. The summed E-state index contributed by atoms with van der Waals surface area (Å²) in [5, 5.41) is 2.61. The normalized spacial score (nSPS) is 11.6. The van der Waals surface area contributed by atoms with Crippen molar-refractivity contribution in [3.8, 4) is 0 Å². The largest absolute Gasteiger partial charge is 0.456 e. The van der Waals surface area contributed by atoms with Crippen molar-refractivity contribution in [3.05, 3.63) is 64.9 Å². The van der Waals surface area contributed by atoms with Crippen LogP contribution in [0.2, 0.25) is 5.02 Å². The molecule has 2 aromatic rings. The van der Waals surface area contributed by atoms with E-state index in [0.717, 1.165) is 11.6 Å². The van der Waals surface area contributed by atoms with E-state index >= 15 is 0 Å². The molecule has 0 heterocycles. The Balaban J connectivity index is 1.81. The highest BCUT2D eigenvalue weighted by Crippen LogP contribution is 2.20. The van der Waals surface area contributed by atoms with Crippen molar-refractivity contribution in [1.29, 1.82) is 0 Å². The molecule has 0 saturated carbocycles. The second kappa shape index (κ2) is 8.45. The Hall–Kier alpha value is -2.40. The first-order valence-electron chi connectivity index (χ1n) is 7.41. The number of hydrogen-bond acceptors (Lipinski definition) is 3. The Labute approximate surface area is 144 Å². The maximum atomic E-state index is 13.5. The van der Waals surface area contributed by atoms with Crippen molar-refractivity contribution in [2.24, 2.45) is 0 Å². The molecule has 0 aliphatic rings. The van der Waals surface area contributed by atoms with Crippen molar-refractivity contribution in [2.45, 2.75) is 19.3 Å². The van der Waals surface area contributed by atoms with Gasteiger partial charge in [-0.05, 0) is 29.7 Å². The van der Waals surface area contributed by atoms with Crippen LogP contribution in [0.15, 0.2) is 48.5 Å². The average molecular weight is 350 g/mol. The van der Waals surface area contributed by atoms with Gasteiger partial charge in [-0.25, -0.2) is 4.39 Å².